The van der Waals surface area contributed by atoms with Gasteiger partial charge in [0, 0.05) is 0 Å². The third-order valence-corrected chi connectivity index (χ3v) is 0.778. The van der Waals surface area contributed by atoms with Gasteiger partial charge in [-0.05, 0) is 13.0 Å². The zero-order valence-corrected chi connectivity index (χ0v) is 5.30. The molecule has 0 aliphatic heterocycles. The number of hydrogen-bond donors (Lipinski definition) is 2. The molecule has 0 amide bonds. The van der Waals surface area contributed by atoms with E-state index in [2.05, 4.69) is 4.74 Å². The molecule has 0 aromatic rings. The van der Waals surface area contributed by atoms with E-state index in [-0.39, 0.29) is 12.5 Å². The van der Waals surface area contributed by atoms with Crippen LogP contribution in [0.2, 0.25) is 0 Å². The van der Waals surface area contributed by atoms with E-state index < -0.39 is 0 Å². The van der Waals surface area contributed by atoms with E-state index >= 15 is 0 Å². The number of rotatable bonds is 4. The molecule has 0 spiro atoms. The summed E-state index contributed by atoms with van der Waals surface area (Å²) in [7, 11) is 0. The van der Waals surface area contributed by atoms with Gasteiger partial charge in [0.05, 0.1) is 13.2 Å². The fourth-order valence-electron chi connectivity index (χ4n) is 0.328. The summed E-state index contributed by atoms with van der Waals surface area (Å²) < 4.78 is 4.59. The van der Waals surface area contributed by atoms with E-state index in [9.17, 15) is 4.79 Å². The van der Waals surface area contributed by atoms with Gasteiger partial charge in [-0.2, -0.15) is 0 Å². The van der Waals surface area contributed by atoms with Crippen molar-refractivity contribution in [3.05, 3.63) is 0 Å². The van der Waals surface area contributed by atoms with Gasteiger partial charge >= 0.3 is 5.97 Å². The molecule has 0 unspecified atom stereocenters. The third-order valence-electron chi connectivity index (χ3n) is 0.778. The summed E-state index contributed by atoms with van der Waals surface area (Å²) in [5.74, 6) is -0.372. The van der Waals surface area contributed by atoms with E-state index in [1.165, 1.54) is 0 Å². The molecule has 0 atom stereocenters. The van der Waals surface area contributed by atoms with Gasteiger partial charge in [0.2, 0.25) is 0 Å². The van der Waals surface area contributed by atoms with Gasteiger partial charge in [-0.3, -0.25) is 4.79 Å². The van der Waals surface area contributed by atoms with Crippen LogP contribution in [0.25, 0.3) is 0 Å². The number of hydrogen-bond acceptors (Lipinski definition) is 4. The molecule has 0 saturated carbocycles. The van der Waals surface area contributed by atoms with E-state index in [1.807, 2.05) is 0 Å². The fraction of sp³-hybridized carbons (Fsp3) is 0.800. The van der Waals surface area contributed by atoms with Crippen LogP contribution in [0.1, 0.15) is 6.42 Å². The molecule has 0 radical (unpaired) electrons. The van der Waals surface area contributed by atoms with Gasteiger partial charge in [0.15, 0.2) is 0 Å². The van der Waals surface area contributed by atoms with Crippen LogP contribution in [0, 0.1) is 0 Å². The molecule has 4 N–H and O–H groups in total. The SMILES string of the molecule is NCCCOC(=O)CN. The van der Waals surface area contributed by atoms with Gasteiger partial charge in [-0.1, -0.05) is 0 Å². The van der Waals surface area contributed by atoms with Crippen molar-refractivity contribution >= 4 is 5.97 Å². The van der Waals surface area contributed by atoms with Gasteiger partial charge in [0.1, 0.15) is 0 Å². The summed E-state index contributed by atoms with van der Waals surface area (Å²) >= 11 is 0. The van der Waals surface area contributed by atoms with E-state index in [4.69, 9.17) is 11.5 Å². The minimum absolute atomic E-state index is 0.0510. The van der Waals surface area contributed by atoms with Crippen molar-refractivity contribution in [2.75, 3.05) is 19.7 Å². The highest BCUT2D eigenvalue weighted by Gasteiger charge is 1.94. The zero-order chi connectivity index (χ0) is 7.11. The molecule has 0 fully saturated rings. The summed E-state index contributed by atoms with van der Waals surface area (Å²) in [5, 5.41) is 0. The standard InChI is InChI=1S/C5H12N2O2/c6-2-1-3-9-5(8)4-7/h1-4,6-7H2. The first-order valence-corrected chi connectivity index (χ1v) is 2.87. The second-order valence-corrected chi connectivity index (χ2v) is 1.57. The first kappa shape index (κ1) is 8.39. The molecular formula is C5H12N2O2. The second-order valence-electron chi connectivity index (χ2n) is 1.57. The van der Waals surface area contributed by atoms with Crippen molar-refractivity contribution in [3.63, 3.8) is 0 Å². The fourth-order valence-corrected chi connectivity index (χ4v) is 0.328. The Bertz CT molecular complexity index is 85.0. The molecule has 0 aromatic heterocycles. The van der Waals surface area contributed by atoms with Crippen LogP contribution in [0.3, 0.4) is 0 Å². The molecule has 0 heterocycles. The largest absolute Gasteiger partial charge is 0.465 e. The van der Waals surface area contributed by atoms with Crippen LogP contribution in [-0.2, 0) is 9.53 Å². The average Bonchev–Trinajstić information content (AvgIpc) is 1.89. The second kappa shape index (κ2) is 5.53. The number of nitrogens with two attached hydrogens (primary N) is 2. The number of carbonyl (C=O) groups excluding carboxylic acids is 1. The quantitative estimate of drug-likeness (QED) is 0.373. The van der Waals surface area contributed by atoms with Crippen LogP contribution >= 0.6 is 0 Å². The summed E-state index contributed by atoms with van der Waals surface area (Å²) in [4.78, 5) is 10.3. The third kappa shape index (κ3) is 5.26. The monoisotopic (exact) mass is 132 g/mol. The highest BCUT2D eigenvalue weighted by molar-refractivity contribution is 5.71. The lowest BCUT2D eigenvalue weighted by molar-refractivity contribution is -0.141. The lowest BCUT2D eigenvalue weighted by Crippen LogP contribution is -2.18. The van der Waals surface area contributed by atoms with E-state index in [0.717, 1.165) is 0 Å². The van der Waals surface area contributed by atoms with E-state index in [0.29, 0.717) is 19.6 Å². The summed E-state index contributed by atoms with van der Waals surface area (Å²) in [6.45, 7) is 0.870. The normalized spacial score (nSPS) is 9.11. The van der Waals surface area contributed by atoms with Crippen molar-refractivity contribution in [2.45, 2.75) is 6.42 Å². The maximum absolute atomic E-state index is 10.3. The zero-order valence-electron chi connectivity index (χ0n) is 5.30. The Morgan fingerprint density at radius 1 is 1.44 bits per heavy atom. The number of esters is 1. The molecule has 4 heteroatoms. The van der Waals surface area contributed by atoms with E-state index in [1.54, 1.807) is 0 Å². The molecule has 0 aliphatic rings. The first-order chi connectivity index (χ1) is 4.31. The molecule has 0 saturated heterocycles. The topological polar surface area (TPSA) is 78.3 Å². The average molecular weight is 132 g/mol. The molecule has 0 aromatic carbocycles. The van der Waals surface area contributed by atoms with Crippen molar-refractivity contribution in [1.29, 1.82) is 0 Å². The van der Waals surface area contributed by atoms with Crippen LogP contribution in [0.15, 0.2) is 0 Å². The molecule has 9 heavy (non-hydrogen) atoms. The Kier molecular flexibility index (Phi) is 5.15. The predicted octanol–water partition coefficient (Wildman–Crippen LogP) is -1.16. The molecule has 0 aliphatic carbocycles. The summed E-state index contributed by atoms with van der Waals surface area (Å²) in [6.07, 6.45) is 0.700. The van der Waals surface area contributed by atoms with Crippen LogP contribution in [0.4, 0.5) is 0 Å². The molecule has 4 nitrogen and oxygen atoms in total. The van der Waals surface area contributed by atoms with Crippen LogP contribution in [-0.4, -0.2) is 25.7 Å². The van der Waals surface area contributed by atoms with Crippen LogP contribution < -0.4 is 11.5 Å². The first-order valence-electron chi connectivity index (χ1n) is 2.87. The maximum atomic E-state index is 10.3. The molecular weight excluding hydrogens is 120 g/mol. The minimum atomic E-state index is -0.372. The molecule has 54 valence electrons. The Labute approximate surface area is 54.2 Å². The number of ether oxygens (including phenoxy) is 1. The summed E-state index contributed by atoms with van der Waals surface area (Å²) in [6, 6.07) is 0. The smallest absolute Gasteiger partial charge is 0.319 e. The van der Waals surface area contributed by atoms with Gasteiger partial charge in [-0.25, -0.2) is 0 Å². The molecule has 0 bridgehead atoms. The lowest BCUT2D eigenvalue weighted by atomic mass is 10.5. The Hall–Kier alpha value is -0.610. The maximum Gasteiger partial charge on any atom is 0.319 e. The van der Waals surface area contributed by atoms with Crippen molar-refractivity contribution in [3.8, 4) is 0 Å². The number of carbonyl (C=O) groups is 1. The predicted molar refractivity (Wildman–Crippen MR) is 33.7 cm³/mol. The Balaban J connectivity index is 2.97. The van der Waals surface area contributed by atoms with Crippen molar-refractivity contribution < 1.29 is 9.53 Å². The van der Waals surface area contributed by atoms with Gasteiger partial charge in [-0.15, -0.1) is 0 Å². The Morgan fingerprint density at radius 2 is 2.11 bits per heavy atom. The van der Waals surface area contributed by atoms with Crippen molar-refractivity contribution in [1.82, 2.24) is 0 Å². The van der Waals surface area contributed by atoms with Gasteiger partial charge < -0.3 is 16.2 Å². The lowest BCUT2D eigenvalue weighted by Gasteiger charge is -1.99. The minimum Gasteiger partial charge on any atom is -0.465 e. The summed E-state index contributed by atoms with van der Waals surface area (Å²) in [5.41, 5.74) is 10.1. The Morgan fingerprint density at radius 3 is 2.56 bits per heavy atom. The van der Waals surface area contributed by atoms with Gasteiger partial charge in [0.25, 0.3) is 0 Å². The van der Waals surface area contributed by atoms with Crippen molar-refractivity contribution in [2.24, 2.45) is 11.5 Å². The highest BCUT2D eigenvalue weighted by Crippen LogP contribution is 1.78. The molecule has 0 rings (SSSR count). The van der Waals surface area contributed by atoms with Crippen LogP contribution in [0.5, 0.6) is 0 Å². The highest BCUT2D eigenvalue weighted by atomic mass is 16.5.